The lowest BCUT2D eigenvalue weighted by molar-refractivity contribution is -0.121. The Bertz CT molecular complexity index is 713. The fourth-order valence-electron chi connectivity index (χ4n) is 2.28. The van der Waals surface area contributed by atoms with Crippen LogP contribution >= 0.6 is 0 Å². The fourth-order valence-corrected chi connectivity index (χ4v) is 2.28. The van der Waals surface area contributed by atoms with Gasteiger partial charge in [-0.3, -0.25) is 14.6 Å². The quantitative estimate of drug-likeness (QED) is 0.826. The van der Waals surface area contributed by atoms with E-state index in [1.807, 2.05) is 0 Å². The Morgan fingerprint density at radius 3 is 2.95 bits per heavy atom. The largest absolute Gasteiger partial charge is 0.417 e. The number of hydrogen-bond donors (Lipinski definition) is 1. The van der Waals surface area contributed by atoms with Crippen molar-refractivity contribution in [2.75, 3.05) is 13.1 Å². The molecule has 1 N–H and O–H groups in total. The monoisotopic (exact) mass is 260 g/mol. The smallest absolute Gasteiger partial charge is 0.408 e. The number of amides is 1. The van der Waals surface area contributed by atoms with Crippen LogP contribution in [0.25, 0.3) is 11.1 Å². The molecule has 2 heterocycles. The van der Waals surface area contributed by atoms with Gasteiger partial charge >= 0.3 is 5.76 Å². The van der Waals surface area contributed by atoms with Gasteiger partial charge in [0.05, 0.1) is 12.1 Å². The maximum Gasteiger partial charge on any atom is 0.417 e. The average Bonchev–Trinajstić information content (AvgIpc) is 2.76. The van der Waals surface area contributed by atoms with E-state index in [4.69, 9.17) is 4.42 Å². The SMILES string of the molecule is O=C1CCCN(C(=O)c2ccc3oc(=O)[nH]c3c2)C1. The normalized spacial score (nSPS) is 16.0. The van der Waals surface area contributed by atoms with Crippen LogP contribution in [0.4, 0.5) is 0 Å². The molecule has 0 radical (unpaired) electrons. The highest BCUT2D eigenvalue weighted by molar-refractivity contribution is 5.99. The molecule has 1 aromatic heterocycles. The first-order valence-electron chi connectivity index (χ1n) is 6.07. The van der Waals surface area contributed by atoms with Gasteiger partial charge in [0.25, 0.3) is 5.91 Å². The molecule has 0 bridgehead atoms. The van der Waals surface area contributed by atoms with Crippen molar-refractivity contribution >= 4 is 22.8 Å². The van der Waals surface area contributed by atoms with E-state index in [9.17, 15) is 14.4 Å². The van der Waals surface area contributed by atoms with E-state index in [0.717, 1.165) is 0 Å². The number of nitrogens with zero attached hydrogens (tertiary/aromatic N) is 1. The number of fused-ring (bicyclic) bond motifs is 1. The Hall–Kier alpha value is -2.37. The van der Waals surface area contributed by atoms with Gasteiger partial charge in [-0.25, -0.2) is 4.79 Å². The van der Waals surface area contributed by atoms with E-state index in [-0.39, 0.29) is 18.2 Å². The van der Waals surface area contributed by atoms with Crippen LogP contribution in [0.1, 0.15) is 23.2 Å². The van der Waals surface area contributed by atoms with Gasteiger partial charge in [-0.2, -0.15) is 0 Å². The Labute approximate surface area is 108 Å². The van der Waals surface area contributed by atoms with E-state index in [1.165, 1.54) is 4.90 Å². The number of oxazole rings is 1. The van der Waals surface area contributed by atoms with Crippen LogP contribution < -0.4 is 5.76 Å². The van der Waals surface area contributed by atoms with Gasteiger partial charge in [-0.1, -0.05) is 0 Å². The third-order valence-electron chi connectivity index (χ3n) is 3.20. The molecule has 1 aliphatic rings. The standard InChI is InChI=1S/C13H12N2O4/c16-9-2-1-5-15(7-9)12(17)8-3-4-11-10(6-8)14-13(18)19-11/h3-4,6H,1-2,5,7H2,(H,14,18). The number of carbonyl (C=O) groups excluding carboxylic acids is 2. The van der Waals surface area contributed by atoms with Crippen molar-refractivity contribution in [1.29, 1.82) is 0 Å². The van der Waals surface area contributed by atoms with E-state index >= 15 is 0 Å². The molecule has 1 amide bonds. The van der Waals surface area contributed by atoms with Gasteiger partial charge in [-0.05, 0) is 24.6 Å². The Morgan fingerprint density at radius 2 is 2.16 bits per heavy atom. The second-order valence-corrected chi connectivity index (χ2v) is 4.59. The van der Waals surface area contributed by atoms with Crippen molar-refractivity contribution in [3.05, 3.63) is 34.3 Å². The number of rotatable bonds is 1. The summed E-state index contributed by atoms with van der Waals surface area (Å²) in [5, 5.41) is 0. The number of aromatic amines is 1. The summed E-state index contributed by atoms with van der Waals surface area (Å²) in [6.07, 6.45) is 1.24. The first kappa shape index (κ1) is 11.7. The van der Waals surface area contributed by atoms with Gasteiger partial charge in [0, 0.05) is 18.5 Å². The summed E-state index contributed by atoms with van der Waals surface area (Å²) in [5.41, 5.74) is 1.34. The molecule has 19 heavy (non-hydrogen) atoms. The number of H-pyrrole nitrogens is 1. The Kier molecular flexibility index (Phi) is 2.70. The molecule has 1 aromatic carbocycles. The van der Waals surface area contributed by atoms with Crippen LogP contribution in [-0.2, 0) is 4.79 Å². The van der Waals surface area contributed by atoms with Gasteiger partial charge in [0.2, 0.25) is 0 Å². The zero-order chi connectivity index (χ0) is 13.4. The molecular weight excluding hydrogens is 248 g/mol. The number of carbonyl (C=O) groups is 2. The maximum absolute atomic E-state index is 12.2. The van der Waals surface area contributed by atoms with Crippen molar-refractivity contribution in [3.8, 4) is 0 Å². The molecule has 0 spiro atoms. The summed E-state index contributed by atoms with van der Waals surface area (Å²) < 4.78 is 4.88. The summed E-state index contributed by atoms with van der Waals surface area (Å²) in [5.74, 6) is -0.665. The van der Waals surface area contributed by atoms with Crippen LogP contribution in [0, 0.1) is 0 Å². The Balaban J connectivity index is 1.92. The summed E-state index contributed by atoms with van der Waals surface area (Å²) in [6.45, 7) is 0.753. The molecule has 0 saturated carbocycles. The highest BCUT2D eigenvalue weighted by atomic mass is 16.4. The molecule has 6 heteroatoms. The number of benzene rings is 1. The van der Waals surface area contributed by atoms with Crippen LogP contribution in [-0.4, -0.2) is 34.7 Å². The number of hydrogen-bond acceptors (Lipinski definition) is 4. The molecule has 6 nitrogen and oxygen atoms in total. The number of Topliss-reactive ketones (excluding diaryl/α,β-unsaturated/α-hetero) is 1. The van der Waals surface area contributed by atoms with Crippen molar-refractivity contribution in [2.45, 2.75) is 12.8 Å². The molecule has 1 saturated heterocycles. The maximum atomic E-state index is 12.2. The van der Waals surface area contributed by atoms with Crippen molar-refractivity contribution in [1.82, 2.24) is 9.88 Å². The minimum atomic E-state index is -0.548. The predicted octanol–water partition coefficient (Wildman–Crippen LogP) is 0.926. The zero-order valence-electron chi connectivity index (χ0n) is 10.1. The summed E-state index contributed by atoms with van der Waals surface area (Å²) in [6, 6.07) is 4.74. The molecule has 0 aliphatic carbocycles. The lowest BCUT2D eigenvalue weighted by Crippen LogP contribution is -2.40. The minimum absolute atomic E-state index is 0.0809. The lowest BCUT2D eigenvalue weighted by atomic mass is 10.1. The highest BCUT2D eigenvalue weighted by Gasteiger charge is 2.22. The number of aromatic nitrogens is 1. The number of ketones is 1. The van der Waals surface area contributed by atoms with Gasteiger partial charge in [0.15, 0.2) is 11.4 Å². The van der Waals surface area contributed by atoms with Crippen LogP contribution in [0.2, 0.25) is 0 Å². The van der Waals surface area contributed by atoms with E-state index < -0.39 is 5.76 Å². The van der Waals surface area contributed by atoms with E-state index in [2.05, 4.69) is 4.98 Å². The predicted molar refractivity (Wildman–Crippen MR) is 67.0 cm³/mol. The summed E-state index contributed by atoms with van der Waals surface area (Å²) in [7, 11) is 0. The average molecular weight is 260 g/mol. The molecule has 2 aromatic rings. The van der Waals surface area contributed by atoms with Gasteiger partial charge in [0.1, 0.15) is 0 Å². The highest BCUT2D eigenvalue weighted by Crippen LogP contribution is 2.16. The first-order chi connectivity index (χ1) is 9.13. The third-order valence-corrected chi connectivity index (χ3v) is 3.20. The number of piperidine rings is 1. The molecule has 98 valence electrons. The van der Waals surface area contributed by atoms with Crippen molar-refractivity contribution in [3.63, 3.8) is 0 Å². The van der Waals surface area contributed by atoms with E-state index in [1.54, 1.807) is 18.2 Å². The molecule has 1 fully saturated rings. The molecule has 3 rings (SSSR count). The topological polar surface area (TPSA) is 83.4 Å². The molecule has 1 aliphatic heterocycles. The zero-order valence-corrected chi connectivity index (χ0v) is 10.1. The molecule has 0 atom stereocenters. The summed E-state index contributed by atoms with van der Waals surface area (Å²) in [4.78, 5) is 38.7. The second kappa shape index (κ2) is 4.38. The van der Waals surface area contributed by atoms with Crippen LogP contribution in [0.3, 0.4) is 0 Å². The molecule has 0 unspecified atom stereocenters. The van der Waals surface area contributed by atoms with Crippen LogP contribution in [0.15, 0.2) is 27.4 Å². The lowest BCUT2D eigenvalue weighted by Gasteiger charge is -2.25. The number of likely N-dealkylation sites (tertiary alicyclic amines) is 1. The second-order valence-electron chi connectivity index (χ2n) is 4.59. The first-order valence-corrected chi connectivity index (χ1v) is 6.07. The minimum Gasteiger partial charge on any atom is -0.408 e. The van der Waals surface area contributed by atoms with Gasteiger partial charge < -0.3 is 9.32 Å². The van der Waals surface area contributed by atoms with Crippen LogP contribution in [0.5, 0.6) is 0 Å². The fraction of sp³-hybridized carbons (Fsp3) is 0.308. The molecular formula is C13H12N2O4. The Morgan fingerprint density at radius 1 is 1.32 bits per heavy atom. The van der Waals surface area contributed by atoms with E-state index in [0.29, 0.717) is 36.0 Å². The van der Waals surface area contributed by atoms with Crippen molar-refractivity contribution in [2.24, 2.45) is 0 Å². The van der Waals surface area contributed by atoms with Crippen molar-refractivity contribution < 1.29 is 14.0 Å². The number of nitrogens with one attached hydrogen (secondary N) is 1. The summed E-state index contributed by atoms with van der Waals surface area (Å²) >= 11 is 0. The van der Waals surface area contributed by atoms with Gasteiger partial charge in [-0.15, -0.1) is 0 Å². The third kappa shape index (κ3) is 2.16.